The molecule has 0 saturated heterocycles. The lowest BCUT2D eigenvalue weighted by molar-refractivity contribution is -0.122. The highest BCUT2D eigenvalue weighted by atomic mass is 32.1. The molecule has 0 unspecified atom stereocenters. The largest absolute Gasteiger partial charge is 0.486 e. The van der Waals surface area contributed by atoms with Crippen molar-refractivity contribution in [3.8, 4) is 11.5 Å². The normalized spacial score (nSPS) is 13.1. The monoisotopic (exact) mass is 360 g/mol. The molecule has 0 saturated carbocycles. The molecule has 1 aliphatic heterocycles. The third-order valence-electron chi connectivity index (χ3n) is 4.14. The van der Waals surface area contributed by atoms with E-state index in [1.54, 1.807) is 11.3 Å². The maximum Gasteiger partial charge on any atom is 0.234 e. The maximum atomic E-state index is 12.1. The smallest absolute Gasteiger partial charge is 0.234 e. The third-order valence-corrected chi connectivity index (χ3v) is 5.15. The molecule has 0 bridgehead atoms. The van der Waals surface area contributed by atoms with E-state index >= 15 is 0 Å². The highest BCUT2D eigenvalue weighted by molar-refractivity contribution is 7.10. The van der Waals surface area contributed by atoms with Crippen molar-refractivity contribution < 1.29 is 14.3 Å². The lowest BCUT2D eigenvalue weighted by atomic mass is 10.1. The van der Waals surface area contributed by atoms with Gasteiger partial charge in [-0.1, -0.05) is 6.07 Å². The average Bonchev–Trinajstić information content (AvgIpc) is 2.99. The van der Waals surface area contributed by atoms with E-state index in [1.165, 1.54) is 10.4 Å². The van der Waals surface area contributed by atoms with E-state index in [-0.39, 0.29) is 5.91 Å². The first-order valence-electron chi connectivity index (χ1n) is 8.48. The van der Waals surface area contributed by atoms with Gasteiger partial charge < -0.3 is 14.8 Å². The van der Waals surface area contributed by atoms with E-state index < -0.39 is 0 Å². The first kappa shape index (κ1) is 17.8. The second kappa shape index (κ2) is 8.36. The van der Waals surface area contributed by atoms with Crippen LogP contribution in [0.2, 0.25) is 0 Å². The van der Waals surface area contributed by atoms with Crippen molar-refractivity contribution in [3.63, 3.8) is 0 Å². The number of rotatable bonds is 7. The first-order valence-corrected chi connectivity index (χ1v) is 9.36. The highest BCUT2D eigenvalue weighted by Gasteiger charge is 2.12. The zero-order chi connectivity index (χ0) is 17.6. The van der Waals surface area contributed by atoms with Crippen LogP contribution in [0, 0.1) is 6.92 Å². The molecule has 0 spiro atoms. The van der Waals surface area contributed by atoms with Crippen LogP contribution in [0.5, 0.6) is 11.5 Å². The Morgan fingerprint density at radius 2 is 2.04 bits per heavy atom. The van der Waals surface area contributed by atoms with Crippen LogP contribution < -0.4 is 14.8 Å². The second-order valence-corrected chi connectivity index (χ2v) is 7.28. The minimum Gasteiger partial charge on any atom is -0.486 e. The number of benzene rings is 1. The Labute approximate surface area is 152 Å². The van der Waals surface area contributed by atoms with Gasteiger partial charge in [-0.15, -0.1) is 11.3 Å². The van der Waals surface area contributed by atoms with E-state index in [0.29, 0.717) is 26.3 Å². The van der Waals surface area contributed by atoms with Crippen molar-refractivity contribution in [1.82, 2.24) is 10.2 Å². The Morgan fingerprint density at radius 3 is 2.80 bits per heavy atom. The summed E-state index contributed by atoms with van der Waals surface area (Å²) in [6, 6.07) is 8.06. The predicted molar refractivity (Wildman–Crippen MR) is 99.5 cm³/mol. The molecule has 5 nitrogen and oxygen atoms in total. The van der Waals surface area contributed by atoms with E-state index in [0.717, 1.165) is 30.0 Å². The van der Waals surface area contributed by atoms with Crippen LogP contribution in [0.15, 0.2) is 29.6 Å². The van der Waals surface area contributed by atoms with Crippen molar-refractivity contribution in [3.05, 3.63) is 45.6 Å². The number of aryl methyl sites for hydroxylation is 1. The number of nitrogens with zero attached hydrogens (tertiary/aromatic N) is 1. The molecule has 2 heterocycles. The van der Waals surface area contributed by atoms with E-state index in [9.17, 15) is 4.79 Å². The number of ether oxygens (including phenoxy) is 2. The quantitative estimate of drug-likeness (QED) is 0.825. The van der Waals surface area contributed by atoms with Crippen LogP contribution in [0.25, 0.3) is 0 Å². The summed E-state index contributed by atoms with van der Waals surface area (Å²) in [5.41, 5.74) is 2.42. The Bertz CT molecular complexity index is 729. The highest BCUT2D eigenvalue weighted by Crippen LogP contribution is 2.30. The fourth-order valence-corrected chi connectivity index (χ4v) is 3.74. The number of thiophene rings is 1. The second-order valence-electron chi connectivity index (χ2n) is 6.28. The molecule has 6 heteroatoms. The lowest BCUT2D eigenvalue weighted by Gasteiger charge is -2.19. The number of hydrogen-bond acceptors (Lipinski definition) is 5. The van der Waals surface area contributed by atoms with Crippen molar-refractivity contribution in [2.24, 2.45) is 0 Å². The summed E-state index contributed by atoms with van der Waals surface area (Å²) in [5.74, 6) is 1.64. The van der Waals surface area contributed by atoms with Crippen LogP contribution in [-0.4, -0.2) is 44.2 Å². The number of amides is 1. The molecule has 1 aliphatic rings. The molecule has 1 amide bonds. The molecular formula is C19H24N2O3S. The van der Waals surface area contributed by atoms with Crippen LogP contribution in [0.1, 0.15) is 16.0 Å². The summed E-state index contributed by atoms with van der Waals surface area (Å²) in [6.45, 7) is 5.11. The number of carbonyl (C=O) groups is 1. The van der Waals surface area contributed by atoms with Gasteiger partial charge in [-0.3, -0.25) is 9.69 Å². The van der Waals surface area contributed by atoms with Crippen LogP contribution in [-0.2, 0) is 17.8 Å². The summed E-state index contributed by atoms with van der Waals surface area (Å²) < 4.78 is 11.1. The molecule has 0 fully saturated rings. The molecule has 1 aromatic heterocycles. The fraction of sp³-hybridized carbons (Fsp3) is 0.421. The van der Waals surface area contributed by atoms with Crippen molar-refractivity contribution in [2.75, 3.05) is 33.4 Å². The SMILES string of the molecule is Cc1ccsc1CN(C)CC(=O)NCCc1ccc2c(c1)OCCO2. The van der Waals surface area contributed by atoms with Gasteiger partial charge in [0, 0.05) is 18.0 Å². The van der Waals surface area contributed by atoms with E-state index in [4.69, 9.17) is 9.47 Å². The Morgan fingerprint density at radius 1 is 1.24 bits per heavy atom. The van der Waals surface area contributed by atoms with Gasteiger partial charge in [0.2, 0.25) is 5.91 Å². The number of hydrogen-bond donors (Lipinski definition) is 1. The predicted octanol–water partition coefficient (Wildman–Crippen LogP) is 2.62. The van der Waals surface area contributed by atoms with Crippen molar-refractivity contribution in [2.45, 2.75) is 19.9 Å². The Balaban J connectivity index is 1.41. The molecule has 1 aromatic carbocycles. The molecule has 3 rings (SSSR count). The summed E-state index contributed by atoms with van der Waals surface area (Å²) >= 11 is 1.74. The summed E-state index contributed by atoms with van der Waals surface area (Å²) in [7, 11) is 1.97. The van der Waals surface area contributed by atoms with Crippen molar-refractivity contribution >= 4 is 17.2 Å². The Kier molecular flexibility index (Phi) is 5.94. The van der Waals surface area contributed by atoms with Gasteiger partial charge in [0.1, 0.15) is 13.2 Å². The summed E-state index contributed by atoms with van der Waals surface area (Å²) in [5, 5.41) is 5.08. The molecule has 134 valence electrons. The summed E-state index contributed by atoms with van der Waals surface area (Å²) in [4.78, 5) is 15.4. The minimum atomic E-state index is 0.0502. The number of nitrogens with one attached hydrogen (secondary N) is 1. The number of fused-ring (bicyclic) bond motifs is 1. The number of likely N-dealkylation sites (N-methyl/N-ethyl adjacent to an activating group) is 1. The standard InChI is InChI=1S/C19H24N2O3S/c1-14-6-10-25-18(14)12-21(2)13-19(22)20-7-5-15-3-4-16-17(11-15)24-9-8-23-16/h3-4,6,10-11H,5,7-9,12-13H2,1-2H3,(H,20,22). The minimum absolute atomic E-state index is 0.0502. The fourth-order valence-electron chi connectivity index (χ4n) is 2.76. The molecule has 0 aliphatic carbocycles. The molecule has 0 atom stereocenters. The van der Waals surface area contributed by atoms with E-state index in [1.807, 2.05) is 30.1 Å². The molecule has 25 heavy (non-hydrogen) atoms. The van der Waals surface area contributed by atoms with Gasteiger partial charge in [-0.05, 0) is 55.1 Å². The average molecular weight is 360 g/mol. The van der Waals surface area contributed by atoms with Gasteiger partial charge in [-0.25, -0.2) is 0 Å². The zero-order valence-electron chi connectivity index (χ0n) is 14.7. The van der Waals surface area contributed by atoms with Crippen LogP contribution in [0.3, 0.4) is 0 Å². The van der Waals surface area contributed by atoms with E-state index in [2.05, 4.69) is 23.7 Å². The first-order chi connectivity index (χ1) is 12.1. The third kappa shape index (κ3) is 4.96. The van der Waals surface area contributed by atoms with Crippen molar-refractivity contribution in [1.29, 1.82) is 0 Å². The lowest BCUT2D eigenvalue weighted by Crippen LogP contribution is -2.35. The topological polar surface area (TPSA) is 50.8 Å². The Hall–Kier alpha value is -2.05. The van der Waals surface area contributed by atoms with Gasteiger partial charge in [0.25, 0.3) is 0 Å². The molecule has 1 N–H and O–H groups in total. The number of carbonyl (C=O) groups excluding carboxylic acids is 1. The van der Waals surface area contributed by atoms with Gasteiger partial charge in [0.15, 0.2) is 11.5 Å². The molecule has 2 aromatic rings. The zero-order valence-corrected chi connectivity index (χ0v) is 15.5. The molecular weight excluding hydrogens is 336 g/mol. The maximum absolute atomic E-state index is 12.1. The van der Waals surface area contributed by atoms with Gasteiger partial charge in [0.05, 0.1) is 6.54 Å². The van der Waals surface area contributed by atoms with Crippen LogP contribution in [0.4, 0.5) is 0 Å². The van der Waals surface area contributed by atoms with Gasteiger partial charge >= 0.3 is 0 Å². The molecule has 0 radical (unpaired) electrons. The summed E-state index contributed by atoms with van der Waals surface area (Å²) in [6.07, 6.45) is 0.774. The van der Waals surface area contributed by atoms with Gasteiger partial charge in [-0.2, -0.15) is 0 Å². The van der Waals surface area contributed by atoms with Crippen LogP contribution >= 0.6 is 11.3 Å².